The van der Waals surface area contributed by atoms with Crippen molar-refractivity contribution in [3.63, 3.8) is 0 Å². The molecule has 0 heterocycles. The predicted octanol–water partition coefficient (Wildman–Crippen LogP) is 2.52. The van der Waals surface area contributed by atoms with Gasteiger partial charge in [-0.3, -0.25) is 14.5 Å². The lowest BCUT2D eigenvalue weighted by molar-refractivity contribution is -0.127. The smallest absolute Gasteiger partial charge is 0.408 e. The second kappa shape index (κ2) is 9.06. The highest BCUT2D eigenvalue weighted by Gasteiger charge is 2.29. The van der Waals surface area contributed by atoms with Crippen molar-refractivity contribution in [2.75, 3.05) is 19.0 Å². The van der Waals surface area contributed by atoms with Crippen molar-refractivity contribution in [2.45, 2.75) is 39.3 Å². The van der Waals surface area contributed by atoms with Crippen LogP contribution in [0, 0.1) is 3.57 Å². The Bertz CT molecular complexity index is 687. The van der Waals surface area contributed by atoms with E-state index in [1.165, 1.54) is 14.0 Å². The Labute approximate surface area is 166 Å². The molecule has 0 radical (unpaired) electrons. The summed E-state index contributed by atoms with van der Waals surface area (Å²) in [7, 11) is 1.53. The van der Waals surface area contributed by atoms with E-state index in [2.05, 4.69) is 33.2 Å². The number of methoxy groups -OCH3 is 1. The Morgan fingerprint density at radius 3 is 2.42 bits per heavy atom. The van der Waals surface area contributed by atoms with Crippen LogP contribution in [0.25, 0.3) is 0 Å². The number of carbonyl (C=O) groups excluding carboxylic acids is 2. The number of benzene rings is 1. The summed E-state index contributed by atoms with van der Waals surface area (Å²) in [5.41, 5.74) is -0.163. The lowest BCUT2D eigenvalue weighted by Crippen LogP contribution is -2.52. The third-order valence-electron chi connectivity index (χ3n) is 3.54. The van der Waals surface area contributed by atoms with Gasteiger partial charge in [0, 0.05) is 15.2 Å². The number of rotatable bonds is 6. The van der Waals surface area contributed by atoms with Gasteiger partial charge in [0.2, 0.25) is 11.8 Å². The highest BCUT2D eigenvalue weighted by molar-refractivity contribution is 14.1. The van der Waals surface area contributed by atoms with Crippen LogP contribution in [0.3, 0.4) is 0 Å². The quantitative estimate of drug-likeness (QED) is 0.546. The van der Waals surface area contributed by atoms with Gasteiger partial charge in [0.05, 0.1) is 12.8 Å². The molecule has 144 valence electrons. The first kappa shape index (κ1) is 22.0. The molecular formula is C17H24IN3O5. The monoisotopic (exact) mass is 477 g/mol. The minimum absolute atomic E-state index is 0.354. The molecule has 0 aliphatic carbocycles. The summed E-state index contributed by atoms with van der Waals surface area (Å²) in [6, 6.07) is 4.42. The zero-order chi connectivity index (χ0) is 20.1. The molecule has 1 aromatic carbocycles. The van der Waals surface area contributed by atoms with Crippen molar-refractivity contribution in [3.8, 4) is 5.75 Å². The second-order valence-corrected chi connectivity index (χ2v) is 7.83. The molecule has 0 saturated carbocycles. The number of ether oxygens (including phenoxy) is 1. The van der Waals surface area contributed by atoms with Crippen LogP contribution in [-0.4, -0.2) is 53.1 Å². The molecule has 0 aromatic heterocycles. The van der Waals surface area contributed by atoms with Gasteiger partial charge in [-0.05, 0) is 62.4 Å². The molecule has 1 aromatic rings. The molecular weight excluding hydrogens is 453 g/mol. The van der Waals surface area contributed by atoms with Crippen LogP contribution < -0.4 is 15.4 Å². The normalized spacial score (nSPS) is 12.1. The van der Waals surface area contributed by atoms with Gasteiger partial charge < -0.3 is 20.5 Å². The molecule has 8 nitrogen and oxygen atoms in total. The van der Waals surface area contributed by atoms with Crippen molar-refractivity contribution >= 4 is 46.2 Å². The van der Waals surface area contributed by atoms with E-state index in [0.717, 1.165) is 8.47 Å². The molecule has 9 heteroatoms. The number of nitrogens with one attached hydrogen (secondary N) is 2. The number of anilines is 1. The van der Waals surface area contributed by atoms with E-state index in [-0.39, 0.29) is 6.54 Å². The fraction of sp³-hybridized carbons (Fsp3) is 0.471. The number of nitrogens with zero attached hydrogens (tertiary/aromatic N) is 1. The van der Waals surface area contributed by atoms with Crippen LogP contribution in [0.2, 0.25) is 0 Å². The zero-order valence-electron chi connectivity index (χ0n) is 15.4. The lowest BCUT2D eigenvalue weighted by Gasteiger charge is -2.32. The maximum Gasteiger partial charge on any atom is 0.408 e. The number of halogens is 1. The number of hydrogen-bond donors (Lipinski definition) is 3. The largest absolute Gasteiger partial charge is 0.497 e. The zero-order valence-corrected chi connectivity index (χ0v) is 17.6. The summed E-state index contributed by atoms with van der Waals surface area (Å²) in [5.74, 6) is -0.368. The fourth-order valence-electron chi connectivity index (χ4n) is 2.06. The van der Waals surface area contributed by atoms with E-state index in [9.17, 15) is 19.5 Å². The van der Waals surface area contributed by atoms with E-state index in [0.29, 0.717) is 11.4 Å². The minimum Gasteiger partial charge on any atom is -0.497 e. The van der Waals surface area contributed by atoms with Crippen molar-refractivity contribution < 1.29 is 24.2 Å². The lowest BCUT2D eigenvalue weighted by atomic mass is 10.1. The van der Waals surface area contributed by atoms with E-state index in [1.54, 1.807) is 39.0 Å². The summed E-state index contributed by atoms with van der Waals surface area (Å²) in [6.07, 6.45) is -1.20. The van der Waals surface area contributed by atoms with Crippen molar-refractivity contribution in [1.29, 1.82) is 0 Å². The summed E-state index contributed by atoms with van der Waals surface area (Å²) in [6.45, 7) is 6.25. The third-order valence-corrected chi connectivity index (χ3v) is 4.49. The van der Waals surface area contributed by atoms with Crippen molar-refractivity contribution in [2.24, 2.45) is 0 Å². The van der Waals surface area contributed by atoms with Gasteiger partial charge in [0.25, 0.3) is 0 Å². The van der Waals surface area contributed by atoms with Gasteiger partial charge >= 0.3 is 6.09 Å². The highest BCUT2D eigenvalue weighted by atomic mass is 127. The average Bonchev–Trinajstić information content (AvgIpc) is 2.53. The number of hydrogen-bond acceptors (Lipinski definition) is 4. The Hall–Kier alpha value is -2.04. The van der Waals surface area contributed by atoms with Gasteiger partial charge in [0.1, 0.15) is 18.3 Å². The maximum atomic E-state index is 12.3. The maximum absolute atomic E-state index is 12.3. The molecule has 0 saturated heterocycles. The molecule has 0 fully saturated rings. The molecule has 26 heavy (non-hydrogen) atoms. The van der Waals surface area contributed by atoms with Gasteiger partial charge in [-0.15, -0.1) is 0 Å². The van der Waals surface area contributed by atoms with E-state index in [1.807, 2.05) is 0 Å². The molecule has 3 N–H and O–H groups in total. The van der Waals surface area contributed by atoms with Gasteiger partial charge in [-0.2, -0.15) is 0 Å². The van der Waals surface area contributed by atoms with Crippen molar-refractivity contribution in [1.82, 2.24) is 10.2 Å². The topological polar surface area (TPSA) is 108 Å². The predicted molar refractivity (Wildman–Crippen MR) is 106 cm³/mol. The van der Waals surface area contributed by atoms with Crippen LogP contribution >= 0.6 is 22.6 Å². The Kier molecular flexibility index (Phi) is 7.67. The highest BCUT2D eigenvalue weighted by Crippen LogP contribution is 2.24. The van der Waals surface area contributed by atoms with Gasteiger partial charge in [0.15, 0.2) is 0 Å². The van der Waals surface area contributed by atoms with Gasteiger partial charge in [-0.1, -0.05) is 0 Å². The molecule has 1 atom stereocenters. The molecule has 0 bridgehead atoms. The third kappa shape index (κ3) is 6.36. The molecule has 0 spiro atoms. The summed E-state index contributed by atoms with van der Waals surface area (Å²) >= 11 is 2.08. The Morgan fingerprint density at radius 2 is 1.92 bits per heavy atom. The van der Waals surface area contributed by atoms with Crippen LogP contribution in [0.4, 0.5) is 10.5 Å². The van der Waals surface area contributed by atoms with E-state index < -0.39 is 29.5 Å². The van der Waals surface area contributed by atoms with E-state index >= 15 is 0 Å². The van der Waals surface area contributed by atoms with Crippen LogP contribution in [0.5, 0.6) is 5.75 Å². The van der Waals surface area contributed by atoms with E-state index in [4.69, 9.17) is 4.74 Å². The number of amides is 3. The summed E-state index contributed by atoms with van der Waals surface area (Å²) in [4.78, 5) is 36.7. The first-order chi connectivity index (χ1) is 12.0. The molecule has 0 aliphatic rings. The molecule has 0 unspecified atom stereocenters. The molecule has 1 rings (SSSR count). The fourth-order valence-corrected chi connectivity index (χ4v) is 2.53. The minimum atomic E-state index is -1.20. The van der Waals surface area contributed by atoms with Crippen molar-refractivity contribution in [3.05, 3.63) is 21.8 Å². The average molecular weight is 477 g/mol. The summed E-state index contributed by atoms with van der Waals surface area (Å²) < 4.78 is 5.95. The van der Waals surface area contributed by atoms with Crippen LogP contribution in [-0.2, 0) is 9.59 Å². The number of carbonyl (C=O) groups is 3. The van der Waals surface area contributed by atoms with Gasteiger partial charge in [-0.25, -0.2) is 4.79 Å². The molecule has 3 amide bonds. The van der Waals surface area contributed by atoms with Crippen LogP contribution in [0.1, 0.15) is 27.7 Å². The Balaban J connectivity index is 2.72. The SMILES string of the molecule is COc1ccc(I)c(NC(=O)[C@@H](C)NC(=O)CN(C(=O)O)C(C)(C)C)c1. The number of carboxylic acid groups (broad SMARTS) is 1. The summed E-state index contributed by atoms with van der Waals surface area (Å²) in [5, 5.41) is 14.5. The van der Waals surface area contributed by atoms with Crippen LogP contribution in [0.15, 0.2) is 18.2 Å². The standard InChI is InChI=1S/C17H24IN3O5/c1-10(19-14(22)9-21(16(24)25)17(2,3)4)15(23)20-13-8-11(26-5)6-7-12(13)18/h6-8,10H,9H2,1-5H3,(H,19,22)(H,20,23)(H,24,25)/t10-/m1/s1. The second-order valence-electron chi connectivity index (χ2n) is 6.66. The Morgan fingerprint density at radius 1 is 1.31 bits per heavy atom. The first-order valence-electron chi connectivity index (χ1n) is 7.90. The molecule has 0 aliphatic heterocycles. The first-order valence-corrected chi connectivity index (χ1v) is 8.98.